The molecule has 0 spiro atoms. The highest BCUT2D eigenvalue weighted by molar-refractivity contribution is 7.98. The fraction of sp³-hybridized carbons (Fsp3) is 0.174. The minimum absolute atomic E-state index is 0.174. The van der Waals surface area contributed by atoms with Gasteiger partial charge in [-0.2, -0.15) is 5.10 Å². The van der Waals surface area contributed by atoms with Crippen molar-refractivity contribution in [2.45, 2.75) is 10.8 Å². The number of para-hydroxylation sites is 2. The summed E-state index contributed by atoms with van der Waals surface area (Å²) < 4.78 is 16.1. The lowest BCUT2D eigenvalue weighted by molar-refractivity contribution is -0.123. The molecule has 0 aliphatic carbocycles. The largest absolute Gasteiger partial charge is 0.496 e. The Labute approximate surface area is 185 Å². The number of carbonyl (C=O) groups is 1. The van der Waals surface area contributed by atoms with E-state index >= 15 is 0 Å². The summed E-state index contributed by atoms with van der Waals surface area (Å²) in [5, 5.41) is 4.95. The Kier molecular flexibility index (Phi) is 8.30. The average Bonchev–Trinajstić information content (AvgIpc) is 2.82. The number of benzene rings is 2. The maximum atomic E-state index is 12.0. The van der Waals surface area contributed by atoms with Gasteiger partial charge in [-0.3, -0.25) is 4.79 Å². The van der Waals surface area contributed by atoms with Crippen molar-refractivity contribution in [1.82, 2.24) is 10.4 Å². The predicted octanol–water partition coefficient (Wildman–Crippen LogP) is 3.92. The van der Waals surface area contributed by atoms with Gasteiger partial charge < -0.3 is 14.2 Å². The second kappa shape index (κ2) is 11.6. The second-order valence-corrected chi connectivity index (χ2v) is 7.26. The second-order valence-electron chi connectivity index (χ2n) is 6.26. The Hall–Kier alpha value is -3.52. The van der Waals surface area contributed by atoms with E-state index in [4.69, 9.17) is 14.2 Å². The number of pyridine rings is 1. The van der Waals surface area contributed by atoms with E-state index in [0.29, 0.717) is 17.3 Å². The van der Waals surface area contributed by atoms with Gasteiger partial charge in [0, 0.05) is 17.5 Å². The molecule has 0 unspecified atom stereocenters. The molecule has 0 fully saturated rings. The van der Waals surface area contributed by atoms with Crippen LogP contribution in [0.5, 0.6) is 17.2 Å². The van der Waals surface area contributed by atoms with E-state index in [9.17, 15) is 4.79 Å². The summed E-state index contributed by atoms with van der Waals surface area (Å²) >= 11 is 1.62. The third-order valence-corrected chi connectivity index (χ3v) is 5.14. The van der Waals surface area contributed by atoms with Crippen LogP contribution in [0.1, 0.15) is 11.1 Å². The lowest BCUT2D eigenvalue weighted by Crippen LogP contribution is -2.24. The quantitative estimate of drug-likeness (QED) is 0.294. The van der Waals surface area contributed by atoms with Crippen LogP contribution in [0.4, 0.5) is 0 Å². The zero-order valence-corrected chi connectivity index (χ0v) is 18.1. The number of aromatic nitrogens is 1. The van der Waals surface area contributed by atoms with Gasteiger partial charge in [-0.1, -0.05) is 18.2 Å². The first-order valence-corrected chi connectivity index (χ1v) is 10.5. The van der Waals surface area contributed by atoms with Crippen molar-refractivity contribution >= 4 is 23.9 Å². The van der Waals surface area contributed by atoms with Crippen LogP contribution in [0, 0.1) is 0 Å². The summed E-state index contributed by atoms with van der Waals surface area (Å²) in [5.41, 5.74) is 4.31. The fourth-order valence-corrected chi connectivity index (χ4v) is 3.51. The van der Waals surface area contributed by atoms with Crippen LogP contribution in [0.15, 0.2) is 77.0 Å². The number of nitrogens with zero attached hydrogens (tertiary/aromatic N) is 2. The molecule has 1 N–H and O–H groups in total. The molecule has 8 heteroatoms. The number of carbonyl (C=O) groups excluding carboxylic acids is 1. The molecule has 1 amide bonds. The lowest BCUT2D eigenvalue weighted by atomic mass is 10.1. The maximum Gasteiger partial charge on any atom is 0.277 e. The number of ether oxygens (including phenoxy) is 3. The Morgan fingerprint density at radius 3 is 2.55 bits per heavy atom. The van der Waals surface area contributed by atoms with Gasteiger partial charge >= 0.3 is 0 Å². The maximum absolute atomic E-state index is 12.0. The van der Waals surface area contributed by atoms with Gasteiger partial charge in [-0.15, -0.1) is 11.8 Å². The molecule has 0 radical (unpaired) electrons. The van der Waals surface area contributed by atoms with Crippen LogP contribution in [0.25, 0.3) is 0 Å². The van der Waals surface area contributed by atoms with E-state index in [1.807, 2.05) is 42.5 Å². The normalized spacial score (nSPS) is 10.6. The minimum Gasteiger partial charge on any atom is -0.496 e. The third kappa shape index (κ3) is 6.75. The molecule has 0 aliphatic rings. The summed E-state index contributed by atoms with van der Waals surface area (Å²) in [6, 6.07) is 18.6. The monoisotopic (exact) mass is 437 g/mol. The standard InChI is InChI=1S/C23H23N3O4S/c1-28-19-11-10-17(13-18(19)16-31-23-9-5-6-12-24-23)14-25-26-22(27)15-30-21-8-4-3-7-20(21)29-2/h3-14H,15-16H2,1-2H3,(H,26,27). The van der Waals surface area contributed by atoms with E-state index in [-0.39, 0.29) is 12.5 Å². The summed E-state index contributed by atoms with van der Waals surface area (Å²) in [4.78, 5) is 16.3. The number of nitrogens with one attached hydrogen (secondary N) is 1. The molecule has 3 rings (SSSR count). The lowest BCUT2D eigenvalue weighted by Gasteiger charge is -2.09. The molecule has 2 aromatic carbocycles. The van der Waals surface area contributed by atoms with Gasteiger partial charge in [-0.25, -0.2) is 10.4 Å². The summed E-state index contributed by atoms with van der Waals surface area (Å²) in [5.74, 6) is 2.17. The number of rotatable bonds is 10. The topological polar surface area (TPSA) is 82.0 Å². The van der Waals surface area contributed by atoms with Gasteiger partial charge in [0.1, 0.15) is 5.75 Å². The van der Waals surface area contributed by atoms with Crippen LogP contribution in [-0.2, 0) is 10.5 Å². The molecule has 0 saturated heterocycles. The van der Waals surface area contributed by atoms with Crippen LogP contribution in [0.2, 0.25) is 0 Å². The first-order chi connectivity index (χ1) is 15.2. The first-order valence-electron chi connectivity index (χ1n) is 9.48. The van der Waals surface area contributed by atoms with Crippen molar-refractivity contribution in [1.29, 1.82) is 0 Å². The molecular formula is C23H23N3O4S. The Morgan fingerprint density at radius 2 is 1.81 bits per heavy atom. The average molecular weight is 438 g/mol. The van der Waals surface area contributed by atoms with Crippen molar-refractivity contribution in [3.05, 3.63) is 78.0 Å². The zero-order chi connectivity index (χ0) is 21.9. The molecule has 1 heterocycles. The van der Waals surface area contributed by atoms with Crippen LogP contribution in [-0.4, -0.2) is 37.9 Å². The Morgan fingerprint density at radius 1 is 1.03 bits per heavy atom. The first kappa shape index (κ1) is 22.2. The summed E-state index contributed by atoms with van der Waals surface area (Å²) in [6.07, 6.45) is 3.35. The molecule has 160 valence electrons. The molecule has 31 heavy (non-hydrogen) atoms. The van der Waals surface area contributed by atoms with Gasteiger partial charge in [0.05, 0.1) is 25.5 Å². The predicted molar refractivity (Wildman–Crippen MR) is 121 cm³/mol. The molecule has 0 bridgehead atoms. The number of thioether (sulfide) groups is 1. The van der Waals surface area contributed by atoms with Crippen molar-refractivity contribution in [3.63, 3.8) is 0 Å². The molecular weight excluding hydrogens is 414 g/mol. The smallest absolute Gasteiger partial charge is 0.277 e. The molecule has 1 aromatic heterocycles. The van der Waals surface area contributed by atoms with Gasteiger partial charge in [0.25, 0.3) is 5.91 Å². The van der Waals surface area contributed by atoms with E-state index in [0.717, 1.165) is 21.9 Å². The number of hydrogen-bond donors (Lipinski definition) is 1. The van der Waals surface area contributed by atoms with Crippen LogP contribution in [0.3, 0.4) is 0 Å². The van der Waals surface area contributed by atoms with Gasteiger partial charge in [-0.05, 0) is 48.0 Å². The van der Waals surface area contributed by atoms with E-state index in [2.05, 4.69) is 15.5 Å². The van der Waals surface area contributed by atoms with Gasteiger partial charge in [0.15, 0.2) is 18.1 Å². The fourth-order valence-electron chi connectivity index (χ4n) is 2.67. The molecule has 3 aromatic rings. The zero-order valence-electron chi connectivity index (χ0n) is 17.3. The molecule has 0 atom stereocenters. The minimum atomic E-state index is -0.374. The Balaban J connectivity index is 1.55. The van der Waals surface area contributed by atoms with E-state index in [1.54, 1.807) is 56.6 Å². The van der Waals surface area contributed by atoms with E-state index in [1.165, 1.54) is 0 Å². The summed E-state index contributed by atoms with van der Waals surface area (Å²) in [7, 11) is 3.19. The number of methoxy groups -OCH3 is 2. The summed E-state index contributed by atoms with van der Waals surface area (Å²) in [6.45, 7) is -0.174. The highest BCUT2D eigenvalue weighted by Crippen LogP contribution is 2.27. The van der Waals surface area contributed by atoms with Crippen molar-refractivity contribution in [3.8, 4) is 17.2 Å². The van der Waals surface area contributed by atoms with Crippen LogP contribution < -0.4 is 19.6 Å². The van der Waals surface area contributed by atoms with Crippen molar-refractivity contribution in [2.24, 2.45) is 5.10 Å². The van der Waals surface area contributed by atoms with E-state index < -0.39 is 0 Å². The van der Waals surface area contributed by atoms with Crippen LogP contribution >= 0.6 is 11.8 Å². The molecule has 7 nitrogen and oxygen atoms in total. The highest BCUT2D eigenvalue weighted by Gasteiger charge is 2.07. The molecule has 0 aliphatic heterocycles. The molecule has 0 saturated carbocycles. The number of hydrazone groups is 1. The third-order valence-electron chi connectivity index (χ3n) is 4.15. The number of hydrogen-bond acceptors (Lipinski definition) is 7. The highest BCUT2D eigenvalue weighted by atomic mass is 32.2. The van der Waals surface area contributed by atoms with Gasteiger partial charge in [0.2, 0.25) is 0 Å². The number of amides is 1. The van der Waals surface area contributed by atoms with Crippen molar-refractivity contribution in [2.75, 3.05) is 20.8 Å². The van der Waals surface area contributed by atoms with Crippen molar-refractivity contribution < 1.29 is 19.0 Å². The SMILES string of the molecule is COc1ccc(C=NNC(=O)COc2ccccc2OC)cc1CSc1ccccn1. The Bertz CT molecular complexity index is 1030.